The van der Waals surface area contributed by atoms with E-state index in [-0.39, 0.29) is 17.5 Å². The van der Waals surface area contributed by atoms with Crippen molar-refractivity contribution in [3.8, 4) is 0 Å². The van der Waals surface area contributed by atoms with Crippen LogP contribution < -0.4 is 10.6 Å². The van der Waals surface area contributed by atoms with Gasteiger partial charge in [0.1, 0.15) is 6.04 Å². The molecule has 0 aliphatic heterocycles. The Morgan fingerprint density at radius 3 is 2.53 bits per heavy atom. The Kier molecular flexibility index (Phi) is 4.57. The highest BCUT2D eigenvalue weighted by Crippen LogP contribution is 2.16. The van der Waals surface area contributed by atoms with Crippen molar-refractivity contribution >= 4 is 27.5 Å². The molecule has 0 saturated carbocycles. The number of hydrogen-bond acceptors (Lipinski definition) is 2. The molecule has 3 nitrogen and oxygen atoms in total. The summed E-state index contributed by atoms with van der Waals surface area (Å²) >= 11 is 3.40. The van der Waals surface area contributed by atoms with Crippen LogP contribution in [0.3, 0.4) is 0 Å². The first-order valence-corrected chi connectivity index (χ1v) is 6.41. The molecule has 1 aromatic rings. The lowest BCUT2D eigenvalue weighted by atomic mass is 10.1. The van der Waals surface area contributed by atoms with Crippen molar-refractivity contribution in [2.75, 3.05) is 5.32 Å². The summed E-state index contributed by atoms with van der Waals surface area (Å²) in [5.74, 6) is -0.00234. The number of amides is 1. The number of carbonyl (C=O) groups excluding carboxylic acids is 1. The normalized spacial score (nSPS) is 13.0. The van der Waals surface area contributed by atoms with Gasteiger partial charge in [0.05, 0.1) is 0 Å². The standard InChI is InChI=1S/C13H19BrN2O/c1-9(12(17)16-13(2,3)4)15-11-7-5-6-10(14)8-11/h5-9,15H,1-4H3,(H,16,17). The minimum Gasteiger partial charge on any atom is -0.374 e. The smallest absolute Gasteiger partial charge is 0.242 e. The zero-order valence-corrected chi connectivity index (χ0v) is 12.3. The second kappa shape index (κ2) is 5.54. The highest BCUT2D eigenvalue weighted by molar-refractivity contribution is 9.10. The average molecular weight is 299 g/mol. The fraction of sp³-hybridized carbons (Fsp3) is 0.462. The number of rotatable bonds is 3. The van der Waals surface area contributed by atoms with Crippen LogP contribution in [0.5, 0.6) is 0 Å². The number of nitrogens with one attached hydrogen (secondary N) is 2. The van der Waals surface area contributed by atoms with E-state index in [4.69, 9.17) is 0 Å². The molecule has 1 unspecified atom stereocenters. The first kappa shape index (κ1) is 14.0. The summed E-state index contributed by atoms with van der Waals surface area (Å²) in [7, 11) is 0. The molecule has 0 fully saturated rings. The van der Waals surface area contributed by atoms with Crippen LogP contribution >= 0.6 is 15.9 Å². The quantitative estimate of drug-likeness (QED) is 0.900. The summed E-state index contributed by atoms with van der Waals surface area (Å²) in [6.45, 7) is 7.76. The van der Waals surface area contributed by atoms with Gasteiger partial charge in [0.15, 0.2) is 0 Å². The molecule has 1 aromatic carbocycles. The summed E-state index contributed by atoms with van der Waals surface area (Å²) in [6.07, 6.45) is 0. The molecule has 4 heteroatoms. The third-order valence-electron chi connectivity index (χ3n) is 2.10. The number of anilines is 1. The maximum atomic E-state index is 11.9. The molecule has 0 heterocycles. The van der Waals surface area contributed by atoms with Crippen LogP contribution in [0.15, 0.2) is 28.7 Å². The van der Waals surface area contributed by atoms with Gasteiger partial charge in [-0.05, 0) is 45.9 Å². The molecular weight excluding hydrogens is 280 g/mol. The van der Waals surface area contributed by atoms with E-state index in [2.05, 4.69) is 26.6 Å². The van der Waals surface area contributed by atoms with E-state index in [1.165, 1.54) is 0 Å². The van der Waals surface area contributed by atoms with E-state index < -0.39 is 0 Å². The Hall–Kier alpha value is -1.03. The molecule has 0 spiro atoms. The van der Waals surface area contributed by atoms with Crippen LogP contribution in [0.4, 0.5) is 5.69 Å². The molecule has 0 bridgehead atoms. The average Bonchev–Trinajstić information content (AvgIpc) is 2.14. The van der Waals surface area contributed by atoms with Crippen LogP contribution in [0.1, 0.15) is 27.7 Å². The predicted molar refractivity (Wildman–Crippen MR) is 75.1 cm³/mol. The molecule has 17 heavy (non-hydrogen) atoms. The minimum absolute atomic E-state index is 0.00234. The van der Waals surface area contributed by atoms with E-state index in [0.29, 0.717) is 0 Å². The third-order valence-corrected chi connectivity index (χ3v) is 2.59. The van der Waals surface area contributed by atoms with E-state index >= 15 is 0 Å². The van der Waals surface area contributed by atoms with Gasteiger partial charge >= 0.3 is 0 Å². The van der Waals surface area contributed by atoms with E-state index in [0.717, 1.165) is 10.2 Å². The molecule has 0 aliphatic rings. The second-order valence-electron chi connectivity index (χ2n) is 5.12. The van der Waals surface area contributed by atoms with Crippen molar-refractivity contribution in [3.63, 3.8) is 0 Å². The summed E-state index contributed by atoms with van der Waals surface area (Å²) in [4.78, 5) is 11.9. The fourth-order valence-corrected chi connectivity index (χ4v) is 1.77. The Morgan fingerprint density at radius 1 is 1.35 bits per heavy atom. The van der Waals surface area contributed by atoms with Crippen LogP contribution in [-0.2, 0) is 4.79 Å². The lowest BCUT2D eigenvalue weighted by Crippen LogP contribution is -2.47. The van der Waals surface area contributed by atoms with Gasteiger partial charge in [-0.3, -0.25) is 4.79 Å². The maximum Gasteiger partial charge on any atom is 0.242 e. The SMILES string of the molecule is CC(Nc1cccc(Br)c1)C(=O)NC(C)(C)C. The summed E-state index contributed by atoms with van der Waals surface area (Å²) in [6, 6.07) is 7.50. The van der Waals surface area contributed by atoms with E-state index in [1.54, 1.807) is 0 Å². The first-order chi connectivity index (χ1) is 7.78. The van der Waals surface area contributed by atoms with E-state index in [1.807, 2.05) is 52.0 Å². The largest absolute Gasteiger partial charge is 0.374 e. The summed E-state index contributed by atoms with van der Waals surface area (Å²) < 4.78 is 0.992. The van der Waals surface area contributed by atoms with Crippen molar-refractivity contribution in [1.82, 2.24) is 5.32 Å². The number of hydrogen-bond donors (Lipinski definition) is 2. The minimum atomic E-state index is -0.261. The number of benzene rings is 1. The van der Waals surface area contributed by atoms with Gasteiger partial charge < -0.3 is 10.6 Å². The fourth-order valence-electron chi connectivity index (χ4n) is 1.37. The lowest BCUT2D eigenvalue weighted by Gasteiger charge is -2.24. The van der Waals surface area contributed by atoms with Gasteiger partial charge in [-0.15, -0.1) is 0 Å². The summed E-state index contributed by atoms with van der Waals surface area (Å²) in [5, 5.41) is 6.10. The van der Waals surface area contributed by atoms with Crippen molar-refractivity contribution < 1.29 is 4.79 Å². The third kappa shape index (κ3) is 5.22. The van der Waals surface area contributed by atoms with Crippen molar-refractivity contribution in [3.05, 3.63) is 28.7 Å². The molecule has 0 aliphatic carbocycles. The number of carbonyl (C=O) groups is 1. The Morgan fingerprint density at radius 2 is 2.00 bits per heavy atom. The Bertz CT molecular complexity index is 399. The van der Waals surface area contributed by atoms with Crippen LogP contribution in [-0.4, -0.2) is 17.5 Å². The van der Waals surface area contributed by atoms with Gasteiger partial charge in [0.2, 0.25) is 5.91 Å². The first-order valence-electron chi connectivity index (χ1n) is 5.62. The van der Waals surface area contributed by atoms with E-state index in [9.17, 15) is 4.79 Å². The molecule has 0 radical (unpaired) electrons. The molecule has 94 valence electrons. The highest BCUT2D eigenvalue weighted by Gasteiger charge is 2.18. The molecule has 0 aromatic heterocycles. The Balaban J connectivity index is 2.60. The predicted octanol–water partition coefficient (Wildman–Crippen LogP) is 3.16. The molecule has 1 atom stereocenters. The maximum absolute atomic E-state index is 11.9. The zero-order valence-electron chi connectivity index (χ0n) is 10.7. The van der Waals surface area contributed by atoms with Crippen LogP contribution in [0.25, 0.3) is 0 Å². The molecule has 2 N–H and O–H groups in total. The molecule has 1 amide bonds. The van der Waals surface area contributed by atoms with Crippen LogP contribution in [0, 0.1) is 0 Å². The van der Waals surface area contributed by atoms with Gasteiger partial charge in [-0.25, -0.2) is 0 Å². The van der Waals surface area contributed by atoms with Crippen LogP contribution in [0.2, 0.25) is 0 Å². The summed E-state index contributed by atoms with van der Waals surface area (Å²) in [5.41, 5.74) is 0.723. The lowest BCUT2D eigenvalue weighted by molar-refractivity contribution is -0.122. The monoisotopic (exact) mass is 298 g/mol. The van der Waals surface area contributed by atoms with Crippen molar-refractivity contribution in [1.29, 1.82) is 0 Å². The van der Waals surface area contributed by atoms with Gasteiger partial charge in [0, 0.05) is 15.7 Å². The Labute approximate surface area is 111 Å². The highest BCUT2D eigenvalue weighted by atomic mass is 79.9. The second-order valence-corrected chi connectivity index (χ2v) is 6.03. The topological polar surface area (TPSA) is 41.1 Å². The zero-order chi connectivity index (χ0) is 13.1. The van der Waals surface area contributed by atoms with Gasteiger partial charge in [-0.1, -0.05) is 22.0 Å². The van der Waals surface area contributed by atoms with Crippen molar-refractivity contribution in [2.24, 2.45) is 0 Å². The van der Waals surface area contributed by atoms with Gasteiger partial charge in [-0.2, -0.15) is 0 Å². The van der Waals surface area contributed by atoms with Crippen molar-refractivity contribution in [2.45, 2.75) is 39.3 Å². The van der Waals surface area contributed by atoms with Gasteiger partial charge in [0.25, 0.3) is 0 Å². The molecular formula is C13H19BrN2O. The molecule has 0 saturated heterocycles. The molecule has 1 rings (SSSR count). The number of halogens is 1.